The predicted molar refractivity (Wildman–Crippen MR) is 108 cm³/mol. The van der Waals surface area contributed by atoms with Crippen LogP contribution in [0.5, 0.6) is 0 Å². The number of aryl methyl sites for hydroxylation is 1. The molecule has 1 aromatic heterocycles. The van der Waals surface area contributed by atoms with E-state index in [1.165, 1.54) is 18.9 Å². The van der Waals surface area contributed by atoms with Crippen LogP contribution < -0.4 is 5.32 Å². The Kier molecular flexibility index (Phi) is 6.28. The van der Waals surface area contributed by atoms with Crippen molar-refractivity contribution >= 4 is 40.9 Å². The third kappa shape index (κ3) is 4.88. The third-order valence-electron chi connectivity index (χ3n) is 3.67. The lowest BCUT2D eigenvalue weighted by Gasteiger charge is -2.11. The normalized spacial score (nSPS) is 10.4. The molecular formula is C20H16ClN3O3S. The fourth-order valence-corrected chi connectivity index (χ4v) is 3.38. The molecule has 3 aromatic rings. The number of halogens is 1. The SMILES string of the molecule is COC(=O)c1cc(C)nc(Sc2ccccc2NC(=O)c2ccc(Cl)cc2)n1. The van der Waals surface area contributed by atoms with E-state index in [1.54, 1.807) is 43.3 Å². The minimum Gasteiger partial charge on any atom is -0.464 e. The van der Waals surface area contributed by atoms with Gasteiger partial charge in [0.15, 0.2) is 10.9 Å². The Morgan fingerprint density at radius 1 is 1.07 bits per heavy atom. The lowest BCUT2D eigenvalue weighted by atomic mass is 10.2. The molecular weight excluding hydrogens is 398 g/mol. The molecule has 0 aliphatic rings. The van der Waals surface area contributed by atoms with Crippen molar-refractivity contribution in [1.82, 2.24) is 9.97 Å². The van der Waals surface area contributed by atoms with E-state index in [1.807, 2.05) is 18.2 Å². The highest BCUT2D eigenvalue weighted by atomic mass is 35.5. The Hall–Kier alpha value is -2.90. The molecule has 0 aliphatic heterocycles. The van der Waals surface area contributed by atoms with Crippen molar-refractivity contribution in [3.63, 3.8) is 0 Å². The average Bonchev–Trinajstić information content (AvgIpc) is 2.69. The number of amides is 1. The quantitative estimate of drug-likeness (QED) is 0.485. The summed E-state index contributed by atoms with van der Waals surface area (Å²) >= 11 is 7.11. The molecule has 3 rings (SSSR count). The first kappa shape index (κ1) is 19.9. The monoisotopic (exact) mass is 413 g/mol. The zero-order chi connectivity index (χ0) is 20.1. The second-order valence-corrected chi connectivity index (χ2v) is 7.17. The summed E-state index contributed by atoms with van der Waals surface area (Å²) in [6.07, 6.45) is 0. The number of ether oxygens (including phenoxy) is 1. The van der Waals surface area contributed by atoms with Crippen LogP contribution in [0.3, 0.4) is 0 Å². The van der Waals surface area contributed by atoms with Gasteiger partial charge in [0.25, 0.3) is 5.91 Å². The van der Waals surface area contributed by atoms with Gasteiger partial charge in [0.1, 0.15) is 0 Å². The molecule has 0 aliphatic carbocycles. The molecule has 0 spiro atoms. The van der Waals surface area contributed by atoms with Crippen molar-refractivity contribution in [3.05, 3.63) is 76.6 Å². The van der Waals surface area contributed by atoms with Gasteiger partial charge in [-0.2, -0.15) is 0 Å². The molecule has 0 unspecified atom stereocenters. The summed E-state index contributed by atoms with van der Waals surface area (Å²) in [6, 6.07) is 15.5. The zero-order valence-corrected chi connectivity index (χ0v) is 16.7. The minimum absolute atomic E-state index is 0.181. The number of carbonyl (C=O) groups is 2. The van der Waals surface area contributed by atoms with Gasteiger partial charge in [-0.05, 0) is 61.2 Å². The molecule has 28 heavy (non-hydrogen) atoms. The van der Waals surface area contributed by atoms with Gasteiger partial charge in [0.2, 0.25) is 0 Å². The number of nitrogens with zero attached hydrogens (tertiary/aromatic N) is 2. The van der Waals surface area contributed by atoms with E-state index in [0.717, 1.165) is 4.90 Å². The summed E-state index contributed by atoms with van der Waals surface area (Å²) in [5.41, 5.74) is 1.92. The maximum atomic E-state index is 12.5. The fourth-order valence-electron chi connectivity index (χ4n) is 2.35. The van der Waals surface area contributed by atoms with Crippen LogP contribution in [-0.2, 0) is 4.74 Å². The van der Waals surface area contributed by atoms with Crippen LogP contribution >= 0.6 is 23.4 Å². The van der Waals surface area contributed by atoms with Crippen molar-refractivity contribution in [2.45, 2.75) is 17.0 Å². The minimum atomic E-state index is -0.531. The Morgan fingerprint density at radius 2 is 1.79 bits per heavy atom. The Morgan fingerprint density at radius 3 is 2.50 bits per heavy atom. The number of carbonyl (C=O) groups excluding carboxylic acids is 2. The largest absolute Gasteiger partial charge is 0.464 e. The Labute approximate surface area is 171 Å². The van der Waals surface area contributed by atoms with E-state index in [2.05, 4.69) is 15.3 Å². The summed E-state index contributed by atoms with van der Waals surface area (Å²) in [5.74, 6) is -0.790. The molecule has 1 N–H and O–H groups in total. The molecule has 2 aromatic carbocycles. The molecule has 0 radical (unpaired) electrons. The van der Waals surface area contributed by atoms with Gasteiger partial charge < -0.3 is 10.1 Å². The maximum Gasteiger partial charge on any atom is 0.356 e. The first-order valence-electron chi connectivity index (χ1n) is 8.24. The Balaban J connectivity index is 1.85. The van der Waals surface area contributed by atoms with Crippen LogP contribution in [0.2, 0.25) is 5.02 Å². The molecule has 1 heterocycles. The lowest BCUT2D eigenvalue weighted by molar-refractivity contribution is 0.0592. The number of benzene rings is 2. The second kappa shape index (κ2) is 8.86. The molecule has 0 saturated heterocycles. The molecule has 0 fully saturated rings. The smallest absolute Gasteiger partial charge is 0.356 e. The molecule has 0 atom stereocenters. The van der Waals surface area contributed by atoms with Crippen LogP contribution in [0.4, 0.5) is 5.69 Å². The van der Waals surface area contributed by atoms with E-state index in [0.29, 0.717) is 27.1 Å². The van der Waals surface area contributed by atoms with E-state index in [-0.39, 0.29) is 11.6 Å². The van der Waals surface area contributed by atoms with Crippen molar-refractivity contribution in [2.24, 2.45) is 0 Å². The van der Waals surface area contributed by atoms with E-state index in [4.69, 9.17) is 16.3 Å². The number of methoxy groups -OCH3 is 1. The van der Waals surface area contributed by atoms with Crippen LogP contribution in [-0.4, -0.2) is 29.0 Å². The average molecular weight is 414 g/mol. The highest BCUT2D eigenvalue weighted by molar-refractivity contribution is 7.99. The highest BCUT2D eigenvalue weighted by Gasteiger charge is 2.14. The number of rotatable bonds is 5. The zero-order valence-electron chi connectivity index (χ0n) is 15.1. The van der Waals surface area contributed by atoms with Crippen LogP contribution in [0.25, 0.3) is 0 Å². The van der Waals surface area contributed by atoms with Crippen LogP contribution in [0.15, 0.2) is 64.6 Å². The second-order valence-electron chi connectivity index (χ2n) is 5.73. The van der Waals surface area contributed by atoms with E-state index in [9.17, 15) is 9.59 Å². The first-order valence-corrected chi connectivity index (χ1v) is 9.43. The number of esters is 1. The molecule has 142 valence electrons. The van der Waals surface area contributed by atoms with Gasteiger partial charge in [-0.1, -0.05) is 23.7 Å². The van der Waals surface area contributed by atoms with E-state index >= 15 is 0 Å². The topological polar surface area (TPSA) is 81.2 Å². The van der Waals surface area contributed by atoms with Crippen LogP contribution in [0, 0.1) is 6.92 Å². The number of hydrogen-bond donors (Lipinski definition) is 1. The molecule has 0 saturated carbocycles. The summed E-state index contributed by atoms with van der Waals surface area (Å²) in [6.45, 7) is 1.77. The number of aromatic nitrogens is 2. The third-order valence-corrected chi connectivity index (χ3v) is 4.86. The van der Waals surface area contributed by atoms with Gasteiger partial charge in [-0.25, -0.2) is 14.8 Å². The summed E-state index contributed by atoms with van der Waals surface area (Å²) < 4.78 is 4.73. The highest BCUT2D eigenvalue weighted by Crippen LogP contribution is 2.32. The lowest BCUT2D eigenvalue weighted by Crippen LogP contribution is -2.12. The fraction of sp³-hybridized carbons (Fsp3) is 0.100. The maximum absolute atomic E-state index is 12.5. The summed E-state index contributed by atoms with van der Waals surface area (Å²) in [7, 11) is 1.30. The number of anilines is 1. The number of hydrogen-bond acceptors (Lipinski definition) is 6. The molecule has 1 amide bonds. The van der Waals surface area contributed by atoms with Gasteiger partial charge in [-0.15, -0.1) is 0 Å². The van der Waals surface area contributed by atoms with Crippen molar-refractivity contribution < 1.29 is 14.3 Å². The molecule has 6 nitrogen and oxygen atoms in total. The molecule has 0 bridgehead atoms. The van der Waals surface area contributed by atoms with Gasteiger partial charge >= 0.3 is 5.97 Å². The van der Waals surface area contributed by atoms with Crippen molar-refractivity contribution in [3.8, 4) is 0 Å². The van der Waals surface area contributed by atoms with E-state index < -0.39 is 5.97 Å². The van der Waals surface area contributed by atoms with Crippen molar-refractivity contribution in [2.75, 3.05) is 12.4 Å². The van der Waals surface area contributed by atoms with Crippen molar-refractivity contribution in [1.29, 1.82) is 0 Å². The van der Waals surface area contributed by atoms with Gasteiger partial charge in [0, 0.05) is 21.2 Å². The van der Waals surface area contributed by atoms with Gasteiger partial charge in [0.05, 0.1) is 12.8 Å². The predicted octanol–water partition coefficient (Wildman–Crippen LogP) is 4.63. The van der Waals surface area contributed by atoms with Crippen LogP contribution in [0.1, 0.15) is 26.5 Å². The number of nitrogens with one attached hydrogen (secondary N) is 1. The van der Waals surface area contributed by atoms with Gasteiger partial charge in [-0.3, -0.25) is 4.79 Å². The Bertz CT molecular complexity index is 1030. The number of para-hydroxylation sites is 1. The summed E-state index contributed by atoms with van der Waals surface area (Å²) in [4.78, 5) is 33.6. The molecule has 8 heteroatoms. The summed E-state index contributed by atoms with van der Waals surface area (Å²) in [5, 5.41) is 3.82. The standard InChI is InChI=1S/C20H16ClN3O3S/c1-12-11-16(19(26)27-2)24-20(22-12)28-17-6-4-3-5-15(17)23-18(25)13-7-9-14(21)10-8-13/h3-11H,1-2H3,(H,23,25). The first-order chi connectivity index (χ1) is 13.5.